The van der Waals surface area contributed by atoms with E-state index in [1.54, 1.807) is 0 Å². The van der Waals surface area contributed by atoms with Gasteiger partial charge < -0.3 is 8.85 Å². The lowest BCUT2D eigenvalue weighted by molar-refractivity contribution is -0.125. The number of rotatable bonds is 8. The van der Waals surface area contributed by atoms with Gasteiger partial charge in [0.2, 0.25) is 0 Å². The molecule has 224 valence electrons. The standard InChI is InChI=1S/C38H46O3Si2/c1-37(2,3)42(33-19-11-7-12-20-33,34-21-13-8-14-22-34)40-31-27-30(39)28-32(29-31)41-43(38(4,5)6,35-23-15-9-16-24-35)36-25-17-10-18-26-36/h7-26,31-32H,27-29H2,1-6H3/t31-,32+. The Morgan fingerprint density at radius 1 is 0.488 bits per heavy atom. The highest BCUT2D eigenvalue weighted by molar-refractivity contribution is 7.00. The minimum absolute atomic E-state index is 0.162. The Hall–Kier alpha value is -3.10. The SMILES string of the molecule is CC(C)(C)[Si](O[C@@H]1CC(=O)C[C@H](O[Si](c2ccccc2)(c2ccccc2)C(C)(C)C)C1)(c1ccccc1)c1ccccc1. The van der Waals surface area contributed by atoms with Gasteiger partial charge in [0.15, 0.2) is 0 Å². The van der Waals surface area contributed by atoms with Gasteiger partial charge >= 0.3 is 0 Å². The fourth-order valence-corrected chi connectivity index (χ4v) is 16.5. The van der Waals surface area contributed by atoms with Crippen LogP contribution >= 0.6 is 0 Å². The maximum absolute atomic E-state index is 13.6. The fourth-order valence-electron chi connectivity index (χ4n) is 7.11. The van der Waals surface area contributed by atoms with Gasteiger partial charge in [-0.05, 0) is 37.2 Å². The van der Waals surface area contributed by atoms with E-state index in [0.29, 0.717) is 19.3 Å². The lowest BCUT2D eigenvalue weighted by atomic mass is 9.94. The van der Waals surface area contributed by atoms with E-state index in [4.69, 9.17) is 8.85 Å². The fraction of sp³-hybridized carbons (Fsp3) is 0.342. The number of ketones is 1. The lowest BCUT2D eigenvalue weighted by Crippen LogP contribution is -2.69. The molecule has 0 amide bonds. The molecule has 0 aliphatic heterocycles. The predicted molar refractivity (Wildman–Crippen MR) is 184 cm³/mol. The van der Waals surface area contributed by atoms with Crippen LogP contribution in [0, 0.1) is 0 Å². The van der Waals surface area contributed by atoms with Crippen LogP contribution in [0.15, 0.2) is 121 Å². The van der Waals surface area contributed by atoms with Gasteiger partial charge in [-0.1, -0.05) is 163 Å². The molecule has 1 aliphatic rings. The Morgan fingerprint density at radius 2 is 0.744 bits per heavy atom. The van der Waals surface area contributed by atoms with E-state index >= 15 is 0 Å². The molecular formula is C38H46O3Si2. The second-order valence-corrected chi connectivity index (χ2v) is 22.5. The molecule has 1 fully saturated rings. The van der Waals surface area contributed by atoms with Crippen LogP contribution in [-0.4, -0.2) is 34.6 Å². The highest BCUT2D eigenvalue weighted by Gasteiger charge is 2.54. The summed E-state index contributed by atoms with van der Waals surface area (Å²) >= 11 is 0. The molecule has 0 radical (unpaired) electrons. The monoisotopic (exact) mass is 606 g/mol. The first-order chi connectivity index (χ1) is 20.5. The van der Waals surface area contributed by atoms with Crippen molar-refractivity contribution in [2.45, 2.75) is 83.1 Å². The summed E-state index contributed by atoms with van der Waals surface area (Å²) in [6.07, 6.45) is 1.09. The maximum Gasteiger partial charge on any atom is 0.261 e. The van der Waals surface area contributed by atoms with Gasteiger partial charge in [-0.15, -0.1) is 0 Å². The van der Waals surface area contributed by atoms with Crippen molar-refractivity contribution in [3.63, 3.8) is 0 Å². The molecule has 5 rings (SSSR count). The van der Waals surface area contributed by atoms with E-state index in [1.807, 2.05) is 0 Å². The highest BCUT2D eigenvalue weighted by atomic mass is 28.4. The van der Waals surface area contributed by atoms with Crippen molar-refractivity contribution in [1.82, 2.24) is 0 Å². The minimum atomic E-state index is -2.82. The Kier molecular flexibility index (Phi) is 9.10. The number of benzene rings is 4. The Morgan fingerprint density at radius 3 is 0.977 bits per heavy atom. The zero-order valence-corrected chi connectivity index (χ0v) is 28.5. The van der Waals surface area contributed by atoms with Crippen LogP contribution in [0.5, 0.6) is 0 Å². The molecule has 0 saturated heterocycles. The molecule has 0 N–H and O–H groups in total. The van der Waals surface area contributed by atoms with Crippen molar-refractivity contribution >= 4 is 43.2 Å². The summed E-state index contributed by atoms with van der Waals surface area (Å²) in [4.78, 5) is 13.6. The third-order valence-electron chi connectivity index (χ3n) is 8.96. The van der Waals surface area contributed by atoms with Gasteiger partial charge in [-0.25, -0.2) is 0 Å². The van der Waals surface area contributed by atoms with Crippen LogP contribution in [-0.2, 0) is 13.6 Å². The van der Waals surface area contributed by atoms with Gasteiger partial charge in [0.1, 0.15) is 5.78 Å². The molecule has 0 spiro atoms. The van der Waals surface area contributed by atoms with Crippen LogP contribution < -0.4 is 20.7 Å². The first-order valence-electron chi connectivity index (χ1n) is 15.6. The summed E-state index contributed by atoms with van der Waals surface area (Å²) in [5.41, 5.74) is 0. The van der Waals surface area contributed by atoms with Crippen LogP contribution in [0.3, 0.4) is 0 Å². The summed E-state index contributed by atoms with van der Waals surface area (Å²) < 4.78 is 15.0. The van der Waals surface area contributed by atoms with Gasteiger partial charge in [0.25, 0.3) is 16.6 Å². The molecule has 1 saturated carbocycles. The van der Waals surface area contributed by atoms with Crippen LogP contribution in [0.25, 0.3) is 0 Å². The molecule has 4 aromatic carbocycles. The van der Waals surface area contributed by atoms with Gasteiger partial charge in [0, 0.05) is 12.8 Å². The van der Waals surface area contributed by atoms with E-state index in [-0.39, 0.29) is 28.1 Å². The second kappa shape index (κ2) is 12.5. The van der Waals surface area contributed by atoms with Crippen molar-refractivity contribution < 1.29 is 13.6 Å². The minimum Gasteiger partial charge on any atom is -0.404 e. The summed E-state index contributed by atoms with van der Waals surface area (Å²) in [6, 6.07) is 42.8. The van der Waals surface area contributed by atoms with E-state index in [1.165, 1.54) is 20.7 Å². The van der Waals surface area contributed by atoms with E-state index in [2.05, 4.69) is 163 Å². The Labute approximate surface area is 260 Å². The maximum atomic E-state index is 13.6. The quantitative estimate of drug-likeness (QED) is 0.211. The number of hydrogen-bond acceptors (Lipinski definition) is 3. The van der Waals surface area contributed by atoms with Crippen molar-refractivity contribution in [2.75, 3.05) is 0 Å². The van der Waals surface area contributed by atoms with Gasteiger partial charge in [0.05, 0.1) is 12.2 Å². The number of hydrogen-bond donors (Lipinski definition) is 0. The van der Waals surface area contributed by atoms with E-state index < -0.39 is 16.6 Å². The average Bonchev–Trinajstić information content (AvgIpc) is 2.99. The molecule has 0 unspecified atom stereocenters. The van der Waals surface area contributed by atoms with Gasteiger partial charge in [-0.3, -0.25) is 4.79 Å². The summed E-state index contributed by atoms with van der Waals surface area (Å²) in [5.74, 6) is 0.220. The number of Topliss-reactive ketones (excluding diaryl/α,β-unsaturated/α-hetero) is 1. The van der Waals surface area contributed by atoms with Crippen molar-refractivity contribution in [3.05, 3.63) is 121 Å². The first-order valence-corrected chi connectivity index (χ1v) is 19.4. The smallest absolute Gasteiger partial charge is 0.261 e. The molecule has 5 heteroatoms. The van der Waals surface area contributed by atoms with Crippen molar-refractivity contribution in [3.8, 4) is 0 Å². The summed E-state index contributed by atoms with van der Waals surface area (Å²) in [5, 5.41) is 4.61. The van der Waals surface area contributed by atoms with E-state index in [9.17, 15) is 4.79 Å². The number of carbonyl (C=O) groups is 1. The Balaban J connectivity index is 1.57. The van der Waals surface area contributed by atoms with Crippen molar-refractivity contribution in [2.24, 2.45) is 0 Å². The van der Waals surface area contributed by atoms with Crippen LogP contribution in [0.1, 0.15) is 60.8 Å². The Bertz CT molecular complexity index is 1280. The first kappa shape index (κ1) is 31.3. The molecular weight excluding hydrogens is 561 g/mol. The van der Waals surface area contributed by atoms with Crippen LogP contribution in [0.4, 0.5) is 0 Å². The molecule has 1 aliphatic carbocycles. The summed E-state index contributed by atoms with van der Waals surface area (Å²) in [6.45, 7) is 13.8. The second-order valence-electron chi connectivity index (χ2n) is 14.0. The summed E-state index contributed by atoms with van der Waals surface area (Å²) in [7, 11) is -5.63. The van der Waals surface area contributed by atoms with Gasteiger partial charge in [-0.2, -0.15) is 0 Å². The average molecular weight is 607 g/mol. The zero-order valence-electron chi connectivity index (χ0n) is 26.5. The third-order valence-corrected chi connectivity index (χ3v) is 19.1. The molecule has 4 aromatic rings. The number of carbonyl (C=O) groups excluding carboxylic acids is 1. The zero-order chi connectivity index (χ0) is 30.7. The molecule has 3 nitrogen and oxygen atoms in total. The largest absolute Gasteiger partial charge is 0.404 e. The van der Waals surface area contributed by atoms with Crippen molar-refractivity contribution in [1.29, 1.82) is 0 Å². The molecule has 2 atom stereocenters. The molecule has 0 bridgehead atoms. The van der Waals surface area contributed by atoms with E-state index in [0.717, 1.165) is 0 Å². The molecule has 0 aromatic heterocycles. The van der Waals surface area contributed by atoms with Crippen LogP contribution in [0.2, 0.25) is 10.1 Å². The predicted octanol–water partition coefficient (Wildman–Crippen LogP) is 6.63. The highest BCUT2D eigenvalue weighted by Crippen LogP contribution is 2.42. The normalized spacial score (nSPS) is 18.4. The molecule has 0 heterocycles. The third kappa shape index (κ3) is 6.14. The molecule has 43 heavy (non-hydrogen) atoms. The lowest BCUT2D eigenvalue weighted by Gasteiger charge is -2.48. The topological polar surface area (TPSA) is 35.5 Å².